The minimum Gasteiger partial charge on any atom is -0.497 e. The van der Waals surface area contributed by atoms with Crippen LogP contribution in [-0.2, 0) is 24.2 Å². The highest BCUT2D eigenvalue weighted by Crippen LogP contribution is 2.33. The third-order valence-electron chi connectivity index (χ3n) is 5.09. The minimum atomic E-state index is -0.416. The second kappa shape index (κ2) is 8.66. The topological polar surface area (TPSA) is 94.8 Å². The van der Waals surface area contributed by atoms with E-state index in [0.29, 0.717) is 22.4 Å². The van der Waals surface area contributed by atoms with Crippen molar-refractivity contribution in [2.24, 2.45) is 5.10 Å². The van der Waals surface area contributed by atoms with Gasteiger partial charge < -0.3 is 9.47 Å². The molecular weight excluding hydrogens is 404 g/mol. The molecule has 0 saturated heterocycles. The number of ether oxygens (including phenoxy) is 2. The van der Waals surface area contributed by atoms with E-state index in [2.05, 4.69) is 15.5 Å². The molecule has 4 rings (SSSR count). The average Bonchev–Trinajstić information content (AvgIpc) is 3.15. The van der Waals surface area contributed by atoms with Crippen molar-refractivity contribution in [2.45, 2.75) is 32.2 Å². The first-order valence-electron chi connectivity index (χ1n) is 9.64. The Labute approximate surface area is 177 Å². The zero-order valence-corrected chi connectivity index (χ0v) is 17.6. The number of hydrazone groups is 1. The Hall–Kier alpha value is -3.20. The number of methoxy groups -OCH3 is 2. The van der Waals surface area contributed by atoms with E-state index >= 15 is 0 Å². The quantitative estimate of drug-likeness (QED) is 0.483. The van der Waals surface area contributed by atoms with Gasteiger partial charge in [-0.2, -0.15) is 5.10 Å². The van der Waals surface area contributed by atoms with Crippen LogP contribution in [0.15, 0.2) is 34.4 Å². The Bertz CT molecular complexity index is 1180. The smallest absolute Gasteiger partial charge is 0.262 e. The van der Waals surface area contributed by atoms with E-state index in [1.54, 1.807) is 43.8 Å². The average molecular weight is 426 g/mol. The van der Waals surface area contributed by atoms with Crippen molar-refractivity contribution in [3.8, 4) is 11.5 Å². The first kappa shape index (κ1) is 20.1. The van der Waals surface area contributed by atoms with E-state index in [4.69, 9.17) is 9.47 Å². The highest BCUT2D eigenvalue weighted by atomic mass is 32.1. The SMILES string of the molecule is COc1ccc(OC)c(/C=N\NC(=O)Cn2cnc3sc4c(c3c2=O)CCCC4)c1. The second-order valence-corrected chi connectivity index (χ2v) is 8.05. The number of benzene rings is 1. The molecule has 2 aromatic heterocycles. The third kappa shape index (κ3) is 3.93. The van der Waals surface area contributed by atoms with Crippen LogP contribution in [-0.4, -0.2) is 35.9 Å². The van der Waals surface area contributed by atoms with Crippen molar-refractivity contribution in [3.05, 3.63) is 50.9 Å². The Balaban J connectivity index is 1.50. The van der Waals surface area contributed by atoms with Crippen LogP contribution in [0.2, 0.25) is 0 Å². The maximum absolute atomic E-state index is 12.9. The summed E-state index contributed by atoms with van der Waals surface area (Å²) in [6.45, 7) is -0.154. The van der Waals surface area contributed by atoms with Crippen molar-refractivity contribution >= 4 is 33.7 Å². The number of aryl methyl sites for hydroxylation is 2. The fourth-order valence-electron chi connectivity index (χ4n) is 3.60. The number of rotatable bonds is 6. The summed E-state index contributed by atoms with van der Waals surface area (Å²) in [7, 11) is 3.12. The molecule has 156 valence electrons. The molecule has 0 radical (unpaired) electrons. The van der Waals surface area contributed by atoms with Crippen molar-refractivity contribution in [1.29, 1.82) is 0 Å². The number of hydrogen-bond acceptors (Lipinski definition) is 7. The molecular formula is C21H22N4O4S. The van der Waals surface area contributed by atoms with E-state index in [9.17, 15) is 9.59 Å². The number of aromatic nitrogens is 2. The van der Waals surface area contributed by atoms with Gasteiger partial charge in [0.1, 0.15) is 22.9 Å². The summed E-state index contributed by atoms with van der Waals surface area (Å²) in [6, 6.07) is 5.27. The number of carbonyl (C=O) groups is 1. The summed E-state index contributed by atoms with van der Waals surface area (Å²) in [6.07, 6.45) is 7.02. The Morgan fingerprint density at radius 2 is 2.13 bits per heavy atom. The van der Waals surface area contributed by atoms with E-state index in [1.807, 2.05) is 0 Å². The molecule has 9 heteroatoms. The molecule has 1 N–H and O–H groups in total. The standard InChI is InChI=1S/C21H22N4O4S/c1-28-14-7-8-16(29-2)13(9-14)10-23-24-18(26)11-25-12-22-20-19(21(25)27)15-5-3-4-6-17(15)30-20/h7-10,12H,3-6,11H2,1-2H3,(H,24,26)/b23-10-. The van der Waals surface area contributed by atoms with Crippen molar-refractivity contribution in [1.82, 2.24) is 15.0 Å². The predicted octanol–water partition coefficient (Wildman–Crippen LogP) is 2.50. The van der Waals surface area contributed by atoms with Crippen LogP contribution in [0.1, 0.15) is 28.8 Å². The summed E-state index contributed by atoms with van der Waals surface area (Å²) < 4.78 is 11.8. The van der Waals surface area contributed by atoms with E-state index in [1.165, 1.54) is 22.0 Å². The van der Waals surface area contributed by atoms with Crippen LogP contribution in [0.25, 0.3) is 10.2 Å². The van der Waals surface area contributed by atoms with Crippen LogP contribution < -0.4 is 20.5 Å². The maximum Gasteiger partial charge on any atom is 0.262 e. The molecule has 0 aliphatic heterocycles. The highest BCUT2D eigenvalue weighted by Gasteiger charge is 2.20. The summed E-state index contributed by atoms with van der Waals surface area (Å²) in [5, 5.41) is 4.64. The summed E-state index contributed by atoms with van der Waals surface area (Å²) >= 11 is 1.59. The molecule has 0 fully saturated rings. The molecule has 0 bridgehead atoms. The van der Waals surface area contributed by atoms with Crippen LogP contribution >= 0.6 is 11.3 Å². The number of thiophene rings is 1. The minimum absolute atomic E-state index is 0.154. The molecule has 0 saturated carbocycles. The zero-order valence-electron chi connectivity index (χ0n) is 16.8. The molecule has 0 atom stereocenters. The number of carbonyl (C=O) groups excluding carboxylic acids is 1. The molecule has 1 aliphatic rings. The van der Waals surface area contributed by atoms with Gasteiger partial charge in [-0.3, -0.25) is 14.2 Å². The van der Waals surface area contributed by atoms with E-state index in [0.717, 1.165) is 36.1 Å². The molecule has 2 heterocycles. The van der Waals surface area contributed by atoms with Gasteiger partial charge in [0.2, 0.25) is 0 Å². The molecule has 3 aromatic rings. The van der Waals surface area contributed by atoms with Crippen molar-refractivity contribution in [3.63, 3.8) is 0 Å². The Kier molecular flexibility index (Phi) is 5.80. The lowest BCUT2D eigenvalue weighted by atomic mass is 9.97. The number of amides is 1. The van der Waals surface area contributed by atoms with Gasteiger partial charge in [-0.05, 0) is 49.4 Å². The van der Waals surface area contributed by atoms with Gasteiger partial charge in [-0.15, -0.1) is 11.3 Å². The lowest BCUT2D eigenvalue weighted by Gasteiger charge is -2.10. The lowest BCUT2D eigenvalue weighted by Crippen LogP contribution is -2.30. The number of fused-ring (bicyclic) bond motifs is 3. The van der Waals surface area contributed by atoms with Crippen molar-refractivity contribution < 1.29 is 14.3 Å². The molecule has 0 unspecified atom stereocenters. The lowest BCUT2D eigenvalue weighted by molar-refractivity contribution is -0.121. The van der Waals surface area contributed by atoms with E-state index in [-0.39, 0.29) is 12.1 Å². The second-order valence-electron chi connectivity index (χ2n) is 6.97. The van der Waals surface area contributed by atoms with Gasteiger partial charge in [0.25, 0.3) is 11.5 Å². The van der Waals surface area contributed by atoms with Crippen molar-refractivity contribution in [2.75, 3.05) is 14.2 Å². The van der Waals surface area contributed by atoms with Crippen LogP contribution in [0.5, 0.6) is 11.5 Å². The number of nitrogens with zero attached hydrogens (tertiary/aromatic N) is 3. The van der Waals surface area contributed by atoms with Gasteiger partial charge in [-0.1, -0.05) is 0 Å². The third-order valence-corrected chi connectivity index (χ3v) is 6.29. The fraction of sp³-hybridized carbons (Fsp3) is 0.333. The molecule has 1 amide bonds. The molecule has 1 aliphatic carbocycles. The van der Waals surface area contributed by atoms with Gasteiger partial charge in [0.05, 0.1) is 32.1 Å². The first-order valence-corrected chi connectivity index (χ1v) is 10.5. The summed E-state index contributed by atoms with van der Waals surface area (Å²) in [5.74, 6) is 0.830. The van der Waals surface area contributed by atoms with Crippen LogP contribution in [0.3, 0.4) is 0 Å². The van der Waals surface area contributed by atoms with Gasteiger partial charge in [-0.25, -0.2) is 10.4 Å². The van der Waals surface area contributed by atoms with Crippen LogP contribution in [0.4, 0.5) is 0 Å². The van der Waals surface area contributed by atoms with Gasteiger partial charge in [0, 0.05) is 10.4 Å². The number of nitrogens with one attached hydrogen (secondary N) is 1. The zero-order chi connectivity index (χ0) is 21.1. The normalized spacial score (nSPS) is 13.4. The molecule has 0 spiro atoms. The Morgan fingerprint density at radius 3 is 2.93 bits per heavy atom. The van der Waals surface area contributed by atoms with Gasteiger partial charge >= 0.3 is 0 Å². The molecule has 8 nitrogen and oxygen atoms in total. The first-order chi connectivity index (χ1) is 14.6. The Morgan fingerprint density at radius 1 is 1.30 bits per heavy atom. The maximum atomic E-state index is 12.9. The van der Waals surface area contributed by atoms with E-state index < -0.39 is 5.91 Å². The fourth-order valence-corrected chi connectivity index (χ4v) is 4.82. The van der Waals surface area contributed by atoms with Gasteiger partial charge in [0.15, 0.2) is 0 Å². The summed E-state index contributed by atoms with van der Waals surface area (Å²) in [5.41, 5.74) is 4.04. The predicted molar refractivity (Wildman–Crippen MR) is 116 cm³/mol. The summed E-state index contributed by atoms with van der Waals surface area (Å²) in [4.78, 5) is 31.7. The molecule has 30 heavy (non-hydrogen) atoms. The van der Waals surface area contributed by atoms with Crippen LogP contribution in [0, 0.1) is 0 Å². The molecule has 1 aromatic carbocycles. The highest BCUT2D eigenvalue weighted by molar-refractivity contribution is 7.18. The monoisotopic (exact) mass is 426 g/mol. The number of hydrogen-bond donors (Lipinski definition) is 1. The largest absolute Gasteiger partial charge is 0.497 e.